The van der Waals surface area contributed by atoms with E-state index in [0.717, 1.165) is 0 Å². The van der Waals surface area contributed by atoms with Crippen LogP contribution in [0.25, 0.3) is 0 Å². The fourth-order valence-electron chi connectivity index (χ4n) is 0.643. The van der Waals surface area contributed by atoms with Crippen molar-refractivity contribution in [2.24, 2.45) is 0 Å². The molecular weight excluding hydrogens is 146 g/mol. The second-order valence-electron chi connectivity index (χ2n) is 1.95. The minimum atomic E-state index is -0.197. The Hall–Kier alpha value is -1.36. The Morgan fingerprint density at radius 2 is 2.73 bits per heavy atom. The molecule has 1 amide bonds. The number of carbonyl (C=O) groups excluding carboxylic acids is 1. The van der Waals surface area contributed by atoms with Crippen molar-refractivity contribution in [2.75, 3.05) is 19.0 Å². The van der Waals surface area contributed by atoms with Crippen LogP contribution in [0.15, 0.2) is 12.3 Å². The predicted octanol–water partition coefficient (Wildman–Crippen LogP) is -0.00540. The van der Waals surface area contributed by atoms with Gasteiger partial charge in [0.05, 0.1) is 6.20 Å². The molecule has 1 aromatic heterocycles. The minimum absolute atomic E-state index is 0.0546. The average Bonchev–Trinajstić information content (AvgIpc) is 2.40. The number of nitrogens with zero attached hydrogens (tertiary/aromatic N) is 1. The van der Waals surface area contributed by atoms with Crippen molar-refractivity contribution in [3.05, 3.63) is 12.3 Å². The summed E-state index contributed by atoms with van der Waals surface area (Å²) in [6.45, 7) is 0.0546. The van der Waals surface area contributed by atoms with Gasteiger partial charge in [-0.15, -0.1) is 0 Å². The molecule has 0 atom stereocenters. The number of nitrogens with one attached hydrogen (secondary N) is 2. The summed E-state index contributed by atoms with van der Waals surface area (Å²) in [7, 11) is 1.46. The van der Waals surface area contributed by atoms with Crippen LogP contribution in [0, 0.1) is 0 Å². The summed E-state index contributed by atoms with van der Waals surface area (Å²) in [5, 5.41) is 8.78. The number of methoxy groups -OCH3 is 1. The van der Waals surface area contributed by atoms with Crippen LogP contribution in [0.4, 0.5) is 5.82 Å². The van der Waals surface area contributed by atoms with E-state index in [4.69, 9.17) is 0 Å². The van der Waals surface area contributed by atoms with E-state index in [1.54, 1.807) is 12.3 Å². The smallest absolute Gasteiger partial charge is 0.251 e. The van der Waals surface area contributed by atoms with Crippen molar-refractivity contribution in [1.82, 2.24) is 10.2 Å². The highest BCUT2D eigenvalue weighted by Crippen LogP contribution is 1.97. The number of H-pyrrole nitrogens is 1. The van der Waals surface area contributed by atoms with Crippen molar-refractivity contribution in [3.8, 4) is 0 Å². The van der Waals surface area contributed by atoms with E-state index in [-0.39, 0.29) is 12.5 Å². The standard InChI is InChI=1S/C6H9N3O2/c1-11-4-6(10)8-5-2-3-7-9-5/h2-3H,4H2,1H3,(H2,7,8,9,10). The van der Waals surface area contributed by atoms with Gasteiger partial charge in [0, 0.05) is 13.2 Å². The molecule has 0 aromatic carbocycles. The first-order chi connectivity index (χ1) is 5.33. The summed E-state index contributed by atoms with van der Waals surface area (Å²) in [5.74, 6) is 0.379. The molecular formula is C6H9N3O2. The molecule has 1 heterocycles. The maximum absolute atomic E-state index is 10.8. The third-order valence-electron chi connectivity index (χ3n) is 1.05. The van der Waals surface area contributed by atoms with Gasteiger partial charge in [0.25, 0.3) is 5.91 Å². The number of aromatic amines is 1. The third-order valence-corrected chi connectivity index (χ3v) is 1.05. The van der Waals surface area contributed by atoms with E-state index in [0.29, 0.717) is 5.82 Å². The number of rotatable bonds is 3. The molecule has 11 heavy (non-hydrogen) atoms. The van der Waals surface area contributed by atoms with E-state index < -0.39 is 0 Å². The highest BCUT2D eigenvalue weighted by molar-refractivity contribution is 5.90. The molecule has 60 valence electrons. The molecule has 0 aliphatic heterocycles. The summed E-state index contributed by atoms with van der Waals surface area (Å²) < 4.78 is 4.61. The SMILES string of the molecule is COCC(=O)Nc1ccn[nH]1. The van der Waals surface area contributed by atoms with Gasteiger partial charge in [0.1, 0.15) is 12.4 Å². The second-order valence-corrected chi connectivity index (χ2v) is 1.95. The second kappa shape index (κ2) is 3.72. The van der Waals surface area contributed by atoms with E-state index >= 15 is 0 Å². The van der Waals surface area contributed by atoms with Gasteiger partial charge in [-0.3, -0.25) is 9.89 Å². The van der Waals surface area contributed by atoms with Crippen LogP contribution in [-0.2, 0) is 9.53 Å². The Bertz CT molecular complexity index is 220. The molecule has 5 nitrogen and oxygen atoms in total. The fraction of sp³-hybridized carbons (Fsp3) is 0.333. The number of amides is 1. The quantitative estimate of drug-likeness (QED) is 0.645. The minimum Gasteiger partial charge on any atom is -0.375 e. The summed E-state index contributed by atoms with van der Waals surface area (Å²) >= 11 is 0. The number of aromatic nitrogens is 2. The van der Waals surface area contributed by atoms with Crippen LogP contribution in [0.5, 0.6) is 0 Å². The number of anilines is 1. The Morgan fingerprint density at radius 3 is 3.27 bits per heavy atom. The molecule has 0 radical (unpaired) electrons. The number of ether oxygens (including phenoxy) is 1. The summed E-state index contributed by atoms with van der Waals surface area (Å²) in [6.07, 6.45) is 1.56. The molecule has 1 aromatic rings. The molecule has 0 aliphatic carbocycles. The zero-order valence-corrected chi connectivity index (χ0v) is 6.13. The number of carbonyl (C=O) groups is 1. The Morgan fingerprint density at radius 1 is 1.91 bits per heavy atom. The van der Waals surface area contributed by atoms with Gasteiger partial charge < -0.3 is 10.1 Å². The van der Waals surface area contributed by atoms with Crippen LogP contribution in [-0.4, -0.2) is 29.8 Å². The van der Waals surface area contributed by atoms with Crippen LogP contribution in [0.3, 0.4) is 0 Å². The summed E-state index contributed by atoms with van der Waals surface area (Å²) in [5.41, 5.74) is 0. The topological polar surface area (TPSA) is 67.0 Å². The molecule has 0 unspecified atom stereocenters. The molecule has 5 heteroatoms. The van der Waals surface area contributed by atoms with Crippen molar-refractivity contribution in [2.45, 2.75) is 0 Å². The lowest BCUT2D eigenvalue weighted by atomic mass is 10.6. The third kappa shape index (κ3) is 2.38. The maximum atomic E-state index is 10.8. The molecule has 0 saturated heterocycles. The van der Waals surface area contributed by atoms with Crippen LogP contribution < -0.4 is 5.32 Å². The Kier molecular flexibility index (Phi) is 2.62. The summed E-state index contributed by atoms with van der Waals surface area (Å²) in [4.78, 5) is 10.8. The zero-order valence-electron chi connectivity index (χ0n) is 6.13. The molecule has 2 N–H and O–H groups in total. The van der Waals surface area contributed by atoms with Gasteiger partial charge in [-0.1, -0.05) is 0 Å². The lowest BCUT2D eigenvalue weighted by Crippen LogP contribution is -2.17. The number of hydrogen-bond acceptors (Lipinski definition) is 3. The van der Waals surface area contributed by atoms with E-state index in [2.05, 4.69) is 20.3 Å². The molecule has 0 aliphatic rings. The van der Waals surface area contributed by atoms with Gasteiger partial charge in [0.2, 0.25) is 0 Å². The predicted molar refractivity (Wildman–Crippen MR) is 39.1 cm³/mol. The van der Waals surface area contributed by atoms with Crippen LogP contribution >= 0.6 is 0 Å². The Labute approximate surface area is 63.7 Å². The molecule has 0 spiro atoms. The van der Waals surface area contributed by atoms with Crippen molar-refractivity contribution < 1.29 is 9.53 Å². The van der Waals surface area contributed by atoms with Gasteiger partial charge in [0.15, 0.2) is 0 Å². The van der Waals surface area contributed by atoms with Gasteiger partial charge in [-0.25, -0.2) is 0 Å². The molecule has 0 saturated carbocycles. The van der Waals surface area contributed by atoms with Gasteiger partial charge >= 0.3 is 0 Å². The van der Waals surface area contributed by atoms with Crippen LogP contribution in [0.1, 0.15) is 0 Å². The van der Waals surface area contributed by atoms with Gasteiger partial charge in [-0.05, 0) is 0 Å². The first kappa shape index (κ1) is 7.74. The van der Waals surface area contributed by atoms with Gasteiger partial charge in [-0.2, -0.15) is 5.10 Å². The van der Waals surface area contributed by atoms with Crippen molar-refractivity contribution in [1.29, 1.82) is 0 Å². The first-order valence-electron chi connectivity index (χ1n) is 3.11. The maximum Gasteiger partial charge on any atom is 0.251 e. The molecule has 0 fully saturated rings. The lowest BCUT2D eigenvalue weighted by molar-refractivity contribution is -0.119. The van der Waals surface area contributed by atoms with E-state index in [1.165, 1.54) is 7.11 Å². The summed E-state index contributed by atoms with van der Waals surface area (Å²) in [6, 6.07) is 1.66. The average molecular weight is 155 g/mol. The normalized spacial score (nSPS) is 9.55. The van der Waals surface area contributed by atoms with Crippen molar-refractivity contribution in [3.63, 3.8) is 0 Å². The molecule has 0 bridgehead atoms. The highest BCUT2D eigenvalue weighted by Gasteiger charge is 2.00. The van der Waals surface area contributed by atoms with E-state index in [9.17, 15) is 4.79 Å². The largest absolute Gasteiger partial charge is 0.375 e. The van der Waals surface area contributed by atoms with Crippen LogP contribution in [0.2, 0.25) is 0 Å². The fourth-order valence-corrected chi connectivity index (χ4v) is 0.643. The lowest BCUT2D eigenvalue weighted by Gasteiger charge is -1.98. The first-order valence-corrected chi connectivity index (χ1v) is 3.11. The van der Waals surface area contributed by atoms with Crippen molar-refractivity contribution >= 4 is 11.7 Å². The van der Waals surface area contributed by atoms with E-state index in [1.807, 2.05) is 0 Å². The Balaban J connectivity index is 2.37. The highest BCUT2D eigenvalue weighted by atomic mass is 16.5. The molecule has 1 rings (SSSR count). The number of hydrogen-bond donors (Lipinski definition) is 2. The monoisotopic (exact) mass is 155 g/mol. The zero-order chi connectivity index (χ0) is 8.10.